The number of carbonyl (C=O) groups is 2. The van der Waals surface area contributed by atoms with E-state index in [1.807, 2.05) is 12.1 Å². The molecule has 5 atom stereocenters. The monoisotopic (exact) mass is 427 g/mol. The first-order valence-electron chi connectivity index (χ1n) is 10.4. The molecule has 11 nitrogen and oxygen atoms in total. The highest BCUT2D eigenvalue weighted by atomic mass is 16.4. The van der Waals surface area contributed by atoms with E-state index in [0.717, 1.165) is 31.2 Å². The van der Waals surface area contributed by atoms with Gasteiger partial charge in [-0.15, -0.1) is 0 Å². The van der Waals surface area contributed by atoms with Crippen molar-refractivity contribution in [1.29, 1.82) is 0 Å². The van der Waals surface area contributed by atoms with Crippen molar-refractivity contribution in [1.82, 2.24) is 15.5 Å². The van der Waals surface area contributed by atoms with Crippen LogP contribution in [0.3, 0.4) is 0 Å². The summed E-state index contributed by atoms with van der Waals surface area (Å²) in [6.45, 7) is 0.135. The van der Waals surface area contributed by atoms with Crippen LogP contribution in [0.2, 0.25) is 0 Å². The summed E-state index contributed by atoms with van der Waals surface area (Å²) in [5, 5.41) is 26.7. The lowest BCUT2D eigenvalue weighted by Crippen LogP contribution is -2.73. The first kappa shape index (κ1) is 19.6. The number of aliphatic imine (C=N–C) groups is 2. The number of benzene rings is 1. The molecule has 4 unspecified atom stereocenters. The normalized spacial score (nSPS) is 33.4. The van der Waals surface area contributed by atoms with E-state index in [0.29, 0.717) is 5.56 Å². The maximum Gasteiger partial charge on any atom is 0.331 e. The quantitative estimate of drug-likeness (QED) is 0.324. The van der Waals surface area contributed by atoms with E-state index in [-0.39, 0.29) is 24.4 Å². The van der Waals surface area contributed by atoms with E-state index >= 15 is 0 Å². The zero-order valence-corrected chi connectivity index (χ0v) is 16.8. The minimum Gasteiger partial charge on any atom is -0.480 e. The molecule has 0 bridgehead atoms. The van der Waals surface area contributed by atoms with Gasteiger partial charge >= 0.3 is 5.97 Å². The van der Waals surface area contributed by atoms with Crippen LogP contribution in [0.25, 0.3) is 0 Å². The number of hydrogen-bond acceptors (Lipinski definition) is 9. The summed E-state index contributed by atoms with van der Waals surface area (Å²) in [5.74, 6) is -1.56. The Kier molecular flexibility index (Phi) is 4.33. The van der Waals surface area contributed by atoms with Crippen molar-refractivity contribution < 1.29 is 19.8 Å². The van der Waals surface area contributed by atoms with Crippen molar-refractivity contribution >= 4 is 23.8 Å². The second-order valence-electron chi connectivity index (χ2n) is 8.47. The lowest BCUT2D eigenvalue weighted by Gasteiger charge is -2.45. The summed E-state index contributed by atoms with van der Waals surface area (Å²) in [4.78, 5) is 34.7. The molecule has 1 amide bonds. The fourth-order valence-corrected chi connectivity index (χ4v) is 5.38. The zero-order valence-electron chi connectivity index (χ0n) is 16.8. The molecular formula is C20H25N7O4. The predicted octanol–water partition coefficient (Wildman–Crippen LogP) is -1.90. The minimum absolute atomic E-state index is 0.00527. The third-order valence-corrected chi connectivity index (χ3v) is 6.77. The minimum atomic E-state index is -1.38. The standard InChI is InChI=1S/C20H25N7O4/c21-18-25-14-13(17(30)31)24-19(22)27-8-12(15(28)20(14,27)26-18)23-16(29)11-7-3-5-9-4-1-2-6-10(9)11/h3,5,7,12-15,28H,1-2,4,6,8H2,(H2,22,24)(H,23,29)(H,30,31)(H3,21,25,26)/t12?,13?,14?,15-,20?/m1/s1. The predicted molar refractivity (Wildman–Crippen MR) is 111 cm³/mol. The molecule has 4 aliphatic rings. The van der Waals surface area contributed by atoms with Crippen LogP contribution in [0, 0.1) is 0 Å². The summed E-state index contributed by atoms with van der Waals surface area (Å²) < 4.78 is 0. The molecule has 1 aromatic carbocycles. The molecule has 8 N–H and O–H groups in total. The molecule has 3 aliphatic heterocycles. The number of hydrogen-bond donors (Lipinski definition) is 6. The van der Waals surface area contributed by atoms with Gasteiger partial charge < -0.3 is 37.2 Å². The Morgan fingerprint density at radius 1 is 1.23 bits per heavy atom. The smallest absolute Gasteiger partial charge is 0.331 e. The fraction of sp³-hybridized carbons (Fsp3) is 0.500. The number of nitrogens with zero attached hydrogens (tertiary/aromatic N) is 3. The molecule has 1 fully saturated rings. The van der Waals surface area contributed by atoms with Crippen molar-refractivity contribution in [2.45, 2.75) is 55.6 Å². The first-order valence-corrected chi connectivity index (χ1v) is 10.4. The van der Waals surface area contributed by atoms with Crippen LogP contribution in [0.15, 0.2) is 28.2 Å². The Bertz CT molecular complexity index is 1020. The third-order valence-electron chi connectivity index (χ3n) is 6.77. The SMILES string of the molecule is NC1=NC2C(C(=O)O)N=C(N)N3CC(NC(=O)c4cccc5c4CCCC5)[C@@H](O)C23N1. The summed E-state index contributed by atoms with van der Waals surface area (Å²) in [6, 6.07) is 2.70. The molecule has 31 heavy (non-hydrogen) atoms. The van der Waals surface area contributed by atoms with E-state index in [9.17, 15) is 19.8 Å². The number of guanidine groups is 2. The van der Waals surface area contributed by atoms with E-state index in [1.54, 1.807) is 11.0 Å². The molecule has 164 valence electrons. The number of carboxylic acids is 1. The number of amides is 1. The van der Waals surface area contributed by atoms with Gasteiger partial charge in [-0.2, -0.15) is 0 Å². The number of carbonyl (C=O) groups excluding carboxylic acids is 1. The van der Waals surface area contributed by atoms with Crippen LogP contribution >= 0.6 is 0 Å². The van der Waals surface area contributed by atoms with Crippen LogP contribution in [0.5, 0.6) is 0 Å². The highest BCUT2D eigenvalue weighted by Crippen LogP contribution is 2.40. The maximum absolute atomic E-state index is 13.2. The van der Waals surface area contributed by atoms with Crippen LogP contribution in [0.1, 0.15) is 34.3 Å². The van der Waals surface area contributed by atoms with E-state index in [1.165, 1.54) is 5.56 Å². The number of aliphatic hydroxyl groups excluding tert-OH is 1. The molecule has 3 heterocycles. The van der Waals surface area contributed by atoms with Crippen LogP contribution in [-0.4, -0.2) is 75.3 Å². The van der Waals surface area contributed by atoms with E-state index in [2.05, 4.69) is 20.6 Å². The average Bonchev–Trinajstić information content (AvgIpc) is 3.24. The van der Waals surface area contributed by atoms with Gasteiger partial charge in [-0.05, 0) is 42.9 Å². The Labute approximate surface area is 178 Å². The second kappa shape index (κ2) is 6.84. The second-order valence-corrected chi connectivity index (χ2v) is 8.47. The van der Waals surface area contributed by atoms with Gasteiger partial charge in [0.05, 0.1) is 6.04 Å². The number of aryl methyl sites for hydroxylation is 1. The Balaban J connectivity index is 1.45. The molecule has 1 aromatic rings. The summed E-state index contributed by atoms with van der Waals surface area (Å²) >= 11 is 0. The van der Waals surface area contributed by atoms with Gasteiger partial charge in [0.15, 0.2) is 23.6 Å². The average molecular weight is 427 g/mol. The van der Waals surface area contributed by atoms with Gasteiger partial charge in [0.1, 0.15) is 12.1 Å². The van der Waals surface area contributed by atoms with Gasteiger partial charge in [-0.1, -0.05) is 12.1 Å². The molecule has 5 rings (SSSR count). The molecule has 1 saturated heterocycles. The van der Waals surface area contributed by atoms with Crippen LogP contribution in [0.4, 0.5) is 0 Å². The number of aliphatic hydroxyl groups is 1. The molecule has 0 radical (unpaired) electrons. The molecular weight excluding hydrogens is 402 g/mol. The fourth-order valence-electron chi connectivity index (χ4n) is 5.38. The molecule has 11 heteroatoms. The van der Waals surface area contributed by atoms with E-state index in [4.69, 9.17) is 11.5 Å². The topological polar surface area (TPSA) is 179 Å². The lowest BCUT2D eigenvalue weighted by molar-refractivity contribution is -0.140. The van der Waals surface area contributed by atoms with Crippen molar-refractivity contribution in [2.24, 2.45) is 21.5 Å². The number of rotatable bonds is 3. The lowest BCUT2D eigenvalue weighted by atomic mass is 9.87. The zero-order chi connectivity index (χ0) is 21.9. The largest absolute Gasteiger partial charge is 0.480 e. The summed E-state index contributed by atoms with van der Waals surface area (Å²) in [5.41, 5.74) is 13.4. The highest BCUT2D eigenvalue weighted by molar-refractivity contribution is 5.97. The maximum atomic E-state index is 13.2. The van der Waals surface area contributed by atoms with E-state index < -0.39 is 35.9 Å². The van der Waals surface area contributed by atoms with Gasteiger partial charge in [0.2, 0.25) is 0 Å². The van der Waals surface area contributed by atoms with Crippen molar-refractivity contribution in [2.75, 3.05) is 6.54 Å². The van der Waals surface area contributed by atoms with Crippen molar-refractivity contribution in [3.05, 3.63) is 34.9 Å². The molecule has 1 spiro atoms. The Morgan fingerprint density at radius 2 is 2.00 bits per heavy atom. The number of aliphatic carboxylic acids is 1. The molecule has 0 aromatic heterocycles. The Morgan fingerprint density at radius 3 is 2.77 bits per heavy atom. The van der Waals surface area contributed by atoms with Crippen LogP contribution in [-0.2, 0) is 17.6 Å². The van der Waals surface area contributed by atoms with Crippen LogP contribution < -0.4 is 22.1 Å². The first-order chi connectivity index (χ1) is 14.8. The number of fused-ring (bicyclic) bond motifs is 1. The summed E-state index contributed by atoms with van der Waals surface area (Å²) in [6.07, 6.45) is 2.71. The van der Waals surface area contributed by atoms with Gasteiger partial charge in [0.25, 0.3) is 5.91 Å². The molecule has 0 saturated carbocycles. The van der Waals surface area contributed by atoms with Crippen molar-refractivity contribution in [3.63, 3.8) is 0 Å². The molecule has 1 aliphatic carbocycles. The Hall–Kier alpha value is -3.34. The summed E-state index contributed by atoms with van der Waals surface area (Å²) in [7, 11) is 0. The number of nitrogens with one attached hydrogen (secondary N) is 2. The number of nitrogens with two attached hydrogens (primary N) is 2. The third kappa shape index (κ3) is 2.76. The number of carboxylic acid groups (broad SMARTS) is 1. The van der Waals surface area contributed by atoms with Gasteiger partial charge in [-0.25, -0.2) is 14.8 Å². The van der Waals surface area contributed by atoms with Gasteiger partial charge in [0, 0.05) is 12.1 Å². The highest BCUT2D eigenvalue weighted by Gasteiger charge is 2.66. The van der Waals surface area contributed by atoms with Gasteiger partial charge in [-0.3, -0.25) is 4.79 Å². The van der Waals surface area contributed by atoms with Crippen molar-refractivity contribution in [3.8, 4) is 0 Å².